The predicted molar refractivity (Wildman–Crippen MR) is 100 cm³/mol. The molecule has 0 aliphatic rings. The van der Waals surface area contributed by atoms with Crippen LogP contribution in [-0.4, -0.2) is 21.1 Å². The smallest absolute Gasteiger partial charge is 0.259 e. The van der Waals surface area contributed by atoms with Gasteiger partial charge >= 0.3 is 0 Å². The zero-order valence-electron chi connectivity index (χ0n) is 13.6. The van der Waals surface area contributed by atoms with Crippen LogP contribution in [0.5, 0.6) is 11.6 Å². The molecule has 3 aromatic rings. The SMILES string of the molecule is CC(C)c1nnc(NC(=O)c2ccc(Oc3ccc(Br)cc3)nc2)s1. The molecule has 8 heteroatoms. The largest absolute Gasteiger partial charge is 0.439 e. The molecule has 0 saturated heterocycles. The van der Waals surface area contributed by atoms with Gasteiger partial charge in [-0.15, -0.1) is 10.2 Å². The number of carbonyl (C=O) groups is 1. The number of nitrogens with one attached hydrogen (secondary N) is 1. The van der Waals surface area contributed by atoms with E-state index < -0.39 is 0 Å². The van der Waals surface area contributed by atoms with E-state index in [2.05, 4.69) is 36.4 Å². The average Bonchev–Trinajstić information content (AvgIpc) is 3.06. The number of halogens is 1. The first kappa shape index (κ1) is 17.5. The van der Waals surface area contributed by atoms with Gasteiger partial charge in [-0.25, -0.2) is 4.98 Å². The molecule has 3 rings (SSSR count). The van der Waals surface area contributed by atoms with Crippen molar-refractivity contribution in [3.8, 4) is 11.6 Å². The highest BCUT2D eigenvalue weighted by molar-refractivity contribution is 9.10. The third-order valence-corrected chi connectivity index (χ3v) is 4.86. The summed E-state index contributed by atoms with van der Waals surface area (Å²) in [5.74, 6) is 1.08. The van der Waals surface area contributed by atoms with Crippen molar-refractivity contribution < 1.29 is 9.53 Å². The topological polar surface area (TPSA) is 77.0 Å². The minimum absolute atomic E-state index is 0.278. The first-order valence-electron chi connectivity index (χ1n) is 7.55. The Morgan fingerprint density at radius 1 is 1.16 bits per heavy atom. The molecule has 6 nitrogen and oxygen atoms in total. The van der Waals surface area contributed by atoms with Crippen LogP contribution in [0.3, 0.4) is 0 Å². The zero-order chi connectivity index (χ0) is 17.8. The fraction of sp³-hybridized carbons (Fsp3) is 0.176. The Morgan fingerprint density at radius 2 is 1.92 bits per heavy atom. The molecule has 25 heavy (non-hydrogen) atoms. The summed E-state index contributed by atoms with van der Waals surface area (Å²) < 4.78 is 6.60. The van der Waals surface area contributed by atoms with Crippen molar-refractivity contribution in [1.29, 1.82) is 0 Å². The van der Waals surface area contributed by atoms with E-state index in [0.29, 0.717) is 22.3 Å². The van der Waals surface area contributed by atoms with Gasteiger partial charge in [-0.3, -0.25) is 10.1 Å². The Morgan fingerprint density at radius 3 is 2.52 bits per heavy atom. The molecule has 0 atom stereocenters. The van der Waals surface area contributed by atoms with Gasteiger partial charge in [0.1, 0.15) is 10.8 Å². The number of carbonyl (C=O) groups excluding carboxylic acids is 1. The van der Waals surface area contributed by atoms with Gasteiger partial charge in [0.15, 0.2) is 0 Å². The number of pyridine rings is 1. The van der Waals surface area contributed by atoms with Crippen LogP contribution in [0.25, 0.3) is 0 Å². The highest BCUT2D eigenvalue weighted by Crippen LogP contribution is 2.24. The molecule has 0 unspecified atom stereocenters. The Hall–Kier alpha value is -2.32. The van der Waals surface area contributed by atoms with Crippen molar-refractivity contribution in [3.05, 3.63) is 57.6 Å². The Balaban J connectivity index is 1.64. The fourth-order valence-corrected chi connectivity index (χ4v) is 2.89. The first-order chi connectivity index (χ1) is 12.0. The van der Waals surface area contributed by atoms with Gasteiger partial charge in [0, 0.05) is 22.7 Å². The molecule has 1 aromatic carbocycles. The van der Waals surface area contributed by atoms with Gasteiger partial charge in [0.05, 0.1) is 5.56 Å². The van der Waals surface area contributed by atoms with Crippen LogP contribution in [-0.2, 0) is 0 Å². The van der Waals surface area contributed by atoms with Gasteiger partial charge in [-0.2, -0.15) is 0 Å². The molecule has 128 valence electrons. The van der Waals surface area contributed by atoms with E-state index in [4.69, 9.17) is 4.74 Å². The van der Waals surface area contributed by atoms with Crippen molar-refractivity contribution in [2.75, 3.05) is 5.32 Å². The van der Waals surface area contributed by atoms with Gasteiger partial charge in [-0.05, 0) is 30.3 Å². The molecule has 2 aromatic heterocycles. The monoisotopic (exact) mass is 418 g/mol. The first-order valence-corrected chi connectivity index (χ1v) is 9.16. The second-order valence-corrected chi connectivity index (χ2v) is 7.42. The van der Waals surface area contributed by atoms with Crippen LogP contribution < -0.4 is 10.1 Å². The quantitative estimate of drug-likeness (QED) is 0.639. The second kappa shape index (κ2) is 7.71. The molecular formula is C17H15BrN4O2S. The highest BCUT2D eigenvalue weighted by Gasteiger charge is 2.12. The lowest BCUT2D eigenvalue weighted by atomic mass is 10.2. The van der Waals surface area contributed by atoms with E-state index in [9.17, 15) is 4.79 Å². The van der Waals surface area contributed by atoms with E-state index in [1.165, 1.54) is 17.5 Å². The van der Waals surface area contributed by atoms with Crippen LogP contribution in [0.1, 0.15) is 35.1 Å². The number of benzene rings is 1. The maximum absolute atomic E-state index is 12.2. The summed E-state index contributed by atoms with van der Waals surface area (Å²) in [6, 6.07) is 10.7. The number of anilines is 1. The van der Waals surface area contributed by atoms with Crippen molar-refractivity contribution in [1.82, 2.24) is 15.2 Å². The number of aromatic nitrogens is 3. The van der Waals surface area contributed by atoms with Crippen LogP contribution in [0.2, 0.25) is 0 Å². The minimum Gasteiger partial charge on any atom is -0.439 e. The molecule has 0 saturated carbocycles. The normalized spacial score (nSPS) is 10.7. The number of ether oxygens (including phenoxy) is 1. The summed E-state index contributed by atoms with van der Waals surface area (Å²) in [7, 11) is 0. The van der Waals surface area contributed by atoms with Crippen LogP contribution in [0.4, 0.5) is 5.13 Å². The fourth-order valence-electron chi connectivity index (χ4n) is 1.89. The molecule has 0 aliphatic carbocycles. The molecule has 1 N–H and O–H groups in total. The molecule has 0 aliphatic heterocycles. The predicted octanol–water partition coefficient (Wildman–Crippen LogP) is 4.86. The highest BCUT2D eigenvalue weighted by atomic mass is 79.9. The van der Waals surface area contributed by atoms with E-state index in [-0.39, 0.29) is 11.8 Å². The Kier molecular flexibility index (Phi) is 5.40. The lowest BCUT2D eigenvalue weighted by molar-refractivity contribution is 0.102. The molecule has 0 radical (unpaired) electrons. The van der Waals surface area contributed by atoms with Gasteiger partial charge in [0.2, 0.25) is 11.0 Å². The lowest BCUT2D eigenvalue weighted by Crippen LogP contribution is -2.12. The van der Waals surface area contributed by atoms with Crippen LogP contribution in [0, 0.1) is 0 Å². The lowest BCUT2D eigenvalue weighted by Gasteiger charge is -2.05. The number of rotatable bonds is 5. The van der Waals surface area contributed by atoms with Crippen molar-refractivity contribution in [2.24, 2.45) is 0 Å². The second-order valence-electron chi connectivity index (χ2n) is 5.50. The maximum atomic E-state index is 12.2. The zero-order valence-corrected chi connectivity index (χ0v) is 16.0. The van der Waals surface area contributed by atoms with Gasteiger partial charge in [-0.1, -0.05) is 41.1 Å². The summed E-state index contributed by atoms with van der Waals surface area (Å²) in [5.41, 5.74) is 0.421. The summed E-state index contributed by atoms with van der Waals surface area (Å²) in [6.07, 6.45) is 1.47. The minimum atomic E-state index is -0.283. The molecule has 0 spiro atoms. The van der Waals surface area contributed by atoms with Crippen molar-refractivity contribution >= 4 is 38.3 Å². The Labute approximate surface area is 157 Å². The molecule has 2 heterocycles. The standard InChI is InChI=1S/C17H15BrN4O2S/c1-10(2)16-21-22-17(25-16)20-15(23)11-3-8-14(19-9-11)24-13-6-4-12(18)5-7-13/h3-10H,1-2H3,(H,20,22,23). The molecule has 0 bridgehead atoms. The van der Waals surface area contributed by atoms with Crippen molar-refractivity contribution in [3.63, 3.8) is 0 Å². The van der Waals surface area contributed by atoms with E-state index in [1.54, 1.807) is 12.1 Å². The maximum Gasteiger partial charge on any atom is 0.259 e. The summed E-state index contributed by atoms with van der Waals surface area (Å²) >= 11 is 4.74. The van der Waals surface area contributed by atoms with E-state index >= 15 is 0 Å². The third kappa shape index (κ3) is 4.61. The number of hydrogen-bond donors (Lipinski definition) is 1. The number of hydrogen-bond acceptors (Lipinski definition) is 6. The van der Waals surface area contributed by atoms with Crippen molar-refractivity contribution in [2.45, 2.75) is 19.8 Å². The summed E-state index contributed by atoms with van der Waals surface area (Å²) in [6.45, 7) is 4.06. The molecule has 0 fully saturated rings. The van der Waals surface area contributed by atoms with Crippen LogP contribution in [0.15, 0.2) is 47.1 Å². The number of nitrogens with zero attached hydrogens (tertiary/aromatic N) is 3. The Bertz CT molecular complexity index is 863. The summed E-state index contributed by atoms with van der Waals surface area (Å²) in [5, 5.41) is 12.1. The molecular weight excluding hydrogens is 404 g/mol. The van der Waals surface area contributed by atoms with E-state index in [0.717, 1.165) is 9.48 Å². The average molecular weight is 419 g/mol. The van der Waals surface area contributed by atoms with Gasteiger partial charge < -0.3 is 4.74 Å². The van der Waals surface area contributed by atoms with Gasteiger partial charge in [0.25, 0.3) is 5.91 Å². The molecule has 1 amide bonds. The van der Waals surface area contributed by atoms with E-state index in [1.807, 2.05) is 38.1 Å². The van der Waals surface area contributed by atoms with Crippen LogP contribution >= 0.6 is 27.3 Å². The summed E-state index contributed by atoms with van der Waals surface area (Å²) in [4.78, 5) is 16.4. The third-order valence-electron chi connectivity index (χ3n) is 3.19. The number of amides is 1.